The number of hydrogen-bond acceptors (Lipinski definition) is 5. The third-order valence-corrected chi connectivity index (χ3v) is 4.77. The van der Waals surface area contributed by atoms with Gasteiger partial charge >= 0.3 is 41.5 Å². The predicted molar refractivity (Wildman–Crippen MR) is 108 cm³/mol. The molecule has 0 aliphatic rings. The molecule has 0 bridgehead atoms. The quantitative estimate of drug-likeness (QED) is 0.446. The van der Waals surface area contributed by atoms with Crippen molar-refractivity contribution in [2.24, 2.45) is 0 Å². The van der Waals surface area contributed by atoms with Gasteiger partial charge in [0.05, 0.1) is 19.0 Å². The molecule has 0 spiro atoms. The van der Waals surface area contributed by atoms with Crippen LogP contribution in [0.2, 0.25) is 5.02 Å². The van der Waals surface area contributed by atoms with Crippen molar-refractivity contribution >= 4 is 40.3 Å². The van der Waals surface area contributed by atoms with E-state index in [-0.39, 0.29) is 43.3 Å². The molecule has 1 aromatic heterocycles. The van der Waals surface area contributed by atoms with E-state index in [1.54, 1.807) is 49.4 Å². The van der Waals surface area contributed by atoms with Gasteiger partial charge in [-0.3, -0.25) is 14.2 Å². The number of aromatic nitrogens is 1. The van der Waals surface area contributed by atoms with Crippen molar-refractivity contribution in [2.75, 3.05) is 13.7 Å². The fraction of sp³-hybridized carbons (Fsp3) is 0.190. The molecule has 7 nitrogen and oxygen atoms in total. The molecule has 3 aromatic rings. The summed E-state index contributed by atoms with van der Waals surface area (Å²) < 4.78 is 11.5. The number of nitrogens with zero attached hydrogens (tertiary/aromatic N) is 1. The molecular weight excluding hydrogens is 421 g/mol. The normalized spacial score (nSPS) is 10.4. The number of aliphatic carboxylic acids is 1. The fourth-order valence-electron chi connectivity index (χ4n) is 3.13. The Morgan fingerprint density at radius 2 is 1.80 bits per heavy atom. The van der Waals surface area contributed by atoms with Crippen molar-refractivity contribution in [1.82, 2.24) is 4.57 Å². The molecule has 30 heavy (non-hydrogen) atoms. The SMILES string of the molecule is COc1ccc2c(c1)c(CC(=O)OCC(=O)O)c(C)n2C(=O)c1ccc(Cl)cc1.[H-].[Na+]. The van der Waals surface area contributed by atoms with Crippen molar-refractivity contribution in [3.63, 3.8) is 0 Å². The van der Waals surface area contributed by atoms with Gasteiger partial charge in [0.2, 0.25) is 0 Å². The van der Waals surface area contributed by atoms with Crippen LogP contribution >= 0.6 is 11.6 Å². The number of ether oxygens (including phenoxy) is 2. The smallest absolute Gasteiger partial charge is 1.00 e. The third-order valence-electron chi connectivity index (χ3n) is 4.51. The number of methoxy groups -OCH3 is 1. The number of halogens is 1. The number of esters is 1. The molecule has 0 unspecified atom stereocenters. The number of fused-ring (bicyclic) bond motifs is 1. The van der Waals surface area contributed by atoms with Crippen molar-refractivity contribution < 1.29 is 59.9 Å². The number of carboxylic acids is 1. The first kappa shape index (κ1) is 24.0. The molecule has 152 valence electrons. The number of hydrogen-bond donors (Lipinski definition) is 1. The first-order chi connectivity index (χ1) is 13.8. The predicted octanol–water partition coefficient (Wildman–Crippen LogP) is 0.587. The van der Waals surface area contributed by atoms with E-state index in [1.807, 2.05) is 0 Å². The van der Waals surface area contributed by atoms with Crippen LogP contribution in [-0.4, -0.2) is 41.2 Å². The van der Waals surface area contributed by atoms with E-state index in [0.29, 0.717) is 38.5 Å². The average Bonchev–Trinajstić information content (AvgIpc) is 2.97. The summed E-state index contributed by atoms with van der Waals surface area (Å²) in [6.07, 6.45) is -0.177. The fourth-order valence-corrected chi connectivity index (χ4v) is 3.26. The Kier molecular flexibility index (Phi) is 8.09. The molecule has 1 N–H and O–H groups in total. The maximum atomic E-state index is 13.2. The molecule has 3 rings (SSSR count). The summed E-state index contributed by atoms with van der Waals surface area (Å²) in [6, 6.07) is 11.7. The molecule has 9 heteroatoms. The molecule has 2 aromatic carbocycles. The molecule has 0 saturated carbocycles. The molecule has 0 saturated heterocycles. The topological polar surface area (TPSA) is 94.8 Å². The van der Waals surface area contributed by atoms with Gasteiger partial charge in [0, 0.05) is 21.7 Å². The van der Waals surface area contributed by atoms with Gasteiger partial charge in [-0.15, -0.1) is 0 Å². The molecule has 0 aliphatic heterocycles. The van der Waals surface area contributed by atoms with Crippen LogP contribution in [0.25, 0.3) is 10.9 Å². The van der Waals surface area contributed by atoms with E-state index in [2.05, 4.69) is 0 Å². The Balaban J connectivity index is 0.00000240. The van der Waals surface area contributed by atoms with Crippen LogP contribution in [0.3, 0.4) is 0 Å². The maximum Gasteiger partial charge on any atom is 1.00 e. The van der Waals surface area contributed by atoms with E-state index in [1.165, 1.54) is 11.7 Å². The van der Waals surface area contributed by atoms with Crippen LogP contribution < -0.4 is 34.3 Å². The van der Waals surface area contributed by atoms with Gasteiger partial charge in [0.15, 0.2) is 6.61 Å². The monoisotopic (exact) mass is 439 g/mol. The van der Waals surface area contributed by atoms with Gasteiger partial charge < -0.3 is 16.0 Å². The van der Waals surface area contributed by atoms with Gasteiger partial charge in [-0.25, -0.2) is 4.79 Å². The van der Waals surface area contributed by atoms with E-state index in [4.69, 9.17) is 26.2 Å². The van der Waals surface area contributed by atoms with Crippen molar-refractivity contribution in [3.8, 4) is 5.75 Å². The maximum absolute atomic E-state index is 13.2. The number of carbonyl (C=O) groups excluding carboxylic acids is 2. The Morgan fingerprint density at radius 1 is 1.13 bits per heavy atom. The van der Waals surface area contributed by atoms with E-state index >= 15 is 0 Å². The minimum absolute atomic E-state index is 0. The second kappa shape index (κ2) is 10.1. The van der Waals surface area contributed by atoms with E-state index in [9.17, 15) is 14.4 Å². The van der Waals surface area contributed by atoms with E-state index in [0.717, 1.165) is 0 Å². The number of benzene rings is 2. The van der Waals surface area contributed by atoms with Crippen LogP contribution in [0.4, 0.5) is 0 Å². The van der Waals surface area contributed by atoms with Gasteiger partial charge in [-0.1, -0.05) is 11.6 Å². The molecule has 0 radical (unpaired) electrons. The molecule has 0 amide bonds. The Bertz CT molecular complexity index is 1110. The molecule has 0 atom stereocenters. The first-order valence-electron chi connectivity index (χ1n) is 8.67. The van der Waals surface area contributed by atoms with Gasteiger partial charge in [-0.05, 0) is 55.0 Å². The minimum atomic E-state index is -1.24. The minimum Gasteiger partial charge on any atom is -1.00 e. The largest absolute Gasteiger partial charge is 1.00 e. The van der Waals surface area contributed by atoms with Crippen molar-refractivity contribution in [3.05, 3.63) is 64.3 Å². The summed E-state index contributed by atoms with van der Waals surface area (Å²) in [5.74, 6) is -1.65. The summed E-state index contributed by atoms with van der Waals surface area (Å²) >= 11 is 5.91. The summed E-state index contributed by atoms with van der Waals surface area (Å²) in [7, 11) is 1.52. The standard InChI is InChI=1S/C21H18ClNO6.Na.H/c1-12-16(10-20(26)29-11-19(24)25)17-9-15(28-2)7-8-18(17)23(12)21(27)13-3-5-14(22)6-4-13;;/h3-9H,10-11H2,1-2H3,(H,24,25);;/q;+1;-1. The van der Waals surface area contributed by atoms with Gasteiger partial charge in [0.1, 0.15) is 5.75 Å². The zero-order chi connectivity index (χ0) is 21.1. The van der Waals surface area contributed by atoms with E-state index < -0.39 is 18.5 Å². The molecule has 1 heterocycles. The number of carboxylic acid groups (broad SMARTS) is 1. The average molecular weight is 440 g/mol. The summed E-state index contributed by atoms with van der Waals surface area (Å²) in [4.78, 5) is 35.9. The zero-order valence-corrected chi connectivity index (χ0v) is 19.5. The molecular formula is C21H19ClNNaO6. The molecule has 0 aliphatic carbocycles. The van der Waals surface area contributed by atoms with Gasteiger partial charge in [0.25, 0.3) is 5.91 Å². The van der Waals surface area contributed by atoms with Crippen molar-refractivity contribution in [1.29, 1.82) is 0 Å². The van der Waals surface area contributed by atoms with Crippen LogP contribution in [0, 0.1) is 6.92 Å². The zero-order valence-electron chi connectivity index (χ0n) is 17.8. The summed E-state index contributed by atoms with van der Waals surface area (Å²) in [5, 5.41) is 9.86. The van der Waals surface area contributed by atoms with Crippen LogP contribution in [0.5, 0.6) is 5.75 Å². The number of rotatable bonds is 6. The first-order valence-corrected chi connectivity index (χ1v) is 9.05. The molecule has 0 fully saturated rings. The summed E-state index contributed by atoms with van der Waals surface area (Å²) in [5.41, 5.74) is 2.16. The van der Waals surface area contributed by atoms with Crippen molar-refractivity contribution in [2.45, 2.75) is 13.3 Å². The summed E-state index contributed by atoms with van der Waals surface area (Å²) in [6.45, 7) is 1.00. The van der Waals surface area contributed by atoms with Crippen LogP contribution in [-0.2, 0) is 20.7 Å². The Morgan fingerprint density at radius 3 is 2.40 bits per heavy atom. The Labute approximate surface area is 201 Å². The third kappa shape index (κ3) is 5.05. The van der Waals surface area contributed by atoms with Crippen LogP contribution in [0.15, 0.2) is 42.5 Å². The second-order valence-electron chi connectivity index (χ2n) is 6.33. The van der Waals surface area contributed by atoms with Gasteiger partial charge in [-0.2, -0.15) is 0 Å². The van der Waals surface area contributed by atoms with Crippen LogP contribution in [0.1, 0.15) is 23.0 Å². The Hall–Kier alpha value is -2.32. The number of carbonyl (C=O) groups is 3. The second-order valence-corrected chi connectivity index (χ2v) is 6.76.